The summed E-state index contributed by atoms with van der Waals surface area (Å²) in [6, 6.07) is 13.9. The fourth-order valence-corrected chi connectivity index (χ4v) is 5.12. The molecule has 0 atom stereocenters. The van der Waals surface area contributed by atoms with Crippen LogP contribution in [0.5, 0.6) is 0 Å². The third-order valence-electron chi connectivity index (χ3n) is 5.37. The van der Waals surface area contributed by atoms with E-state index < -0.39 is 15.8 Å². The summed E-state index contributed by atoms with van der Waals surface area (Å²) in [5.74, 6) is -0.811. The monoisotopic (exact) mass is 441 g/mol. The van der Waals surface area contributed by atoms with Gasteiger partial charge < -0.3 is 4.90 Å². The highest BCUT2D eigenvalue weighted by Crippen LogP contribution is 2.26. The van der Waals surface area contributed by atoms with Gasteiger partial charge in [0.2, 0.25) is 15.9 Å². The molecule has 0 radical (unpaired) electrons. The fourth-order valence-electron chi connectivity index (χ4n) is 3.65. The number of nitriles is 1. The van der Waals surface area contributed by atoms with Crippen molar-refractivity contribution >= 4 is 15.9 Å². The van der Waals surface area contributed by atoms with Crippen molar-refractivity contribution in [3.05, 3.63) is 78.1 Å². The van der Waals surface area contributed by atoms with Crippen LogP contribution in [0.1, 0.15) is 24.0 Å². The van der Waals surface area contributed by atoms with Gasteiger partial charge in [-0.05, 0) is 54.8 Å². The van der Waals surface area contributed by atoms with Crippen LogP contribution in [0.4, 0.5) is 4.39 Å². The minimum atomic E-state index is -3.71. The van der Waals surface area contributed by atoms with Crippen LogP contribution in [0.15, 0.2) is 66.1 Å². The predicted octanol–water partition coefficient (Wildman–Crippen LogP) is 3.31. The van der Waals surface area contributed by atoms with Crippen LogP contribution < -0.4 is 0 Å². The third kappa shape index (κ3) is 5.37. The minimum Gasteiger partial charge on any atom is -0.334 e. The molecule has 3 rings (SSSR count). The van der Waals surface area contributed by atoms with Gasteiger partial charge in [0.05, 0.1) is 16.5 Å². The van der Waals surface area contributed by atoms with Crippen molar-refractivity contribution in [3.63, 3.8) is 0 Å². The molecule has 6 nitrogen and oxygen atoms in total. The van der Waals surface area contributed by atoms with Gasteiger partial charge in [0.1, 0.15) is 5.82 Å². The van der Waals surface area contributed by atoms with Crippen molar-refractivity contribution in [2.45, 2.75) is 24.3 Å². The largest absolute Gasteiger partial charge is 0.334 e. The Morgan fingerprint density at radius 1 is 1.16 bits per heavy atom. The quantitative estimate of drug-likeness (QED) is 0.618. The first kappa shape index (κ1) is 22.7. The highest BCUT2D eigenvalue weighted by molar-refractivity contribution is 7.89. The van der Waals surface area contributed by atoms with Gasteiger partial charge in [0.25, 0.3) is 0 Å². The molecule has 1 fully saturated rings. The average molecular weight is 442 g/mol. The molecule has 31 heavy (non-hydrogen) atoms. The summed E-state index contributed by atoms with van der Waals surface area (Å²) < 4.78 is 40.0. The van der Waals surface area contributed by atoms with Crippen LogP contribution in [0, 0.1) is 23.1 Å². The van der Waals surface area contributed by atoms with Gasteiger partial charge in [-0.2, -0.15) is 9.57 Å². The topological polar surface area (TPSA) is 81.5 Å². The number of carbonyl (C=O) groups excluding carboxylic acids is 1. The van der Waals surface area contributed by atoms with Gasteiger partial charge in [0, 0.05) is 32.1 Å². The lowest BCUT2D eigenvalue weighted by Crippen LogP contribution is -2.44. The molecule has 0 saturated carbocycles. The van der Waals surface area contributed by atoms with Crippen molar-refractivity contribution < 1.29 is 17.6 Å². The fraction of sp³-hybridized carbons (Fsp3) is 0.304. The molecule has 2 aromatic carbocycles. The van der Waals surface area contributed by atoms with E-state index in [0.29, 0.717) is 31.5 Å². The smallest absolute Gasteiger partial charge is 0.243 e. The Balaban J connectivity index is 1.64. The molecule has 0 aliphatic carbocycles. The second-order valence-corrected chi connectivity index (χ2v) is 9.39. The molecular weight excluding hydrogens is 417 g/mol. The Bertz CT molecular complexity index is 1070. The number of piperidine rings is 1. The molecule has 1 saturated heterocycles. The Morgan fingerprint density at radius 3 is 2.32 bits per heavy atom. The maximum atomic E-state index is 13.1. The summed E-state index contributed by atoms with van der Waals surface area (Å²) in [4.78, 5) is 14.8. The zero-order valence-electron chi connectivity index (χ0n) is 17.1. The van der Waals surface area contributed by atoms with E-state index in [1.165, 1.54) is 16.4 Å². The van der Waals surface area contributed by atoms with E-state index in [1.807, 2.05) is 12.1 Å². The zero-order valence-corrected chi connectivity index (χ0v) is 17.9. The third-order valence-corrected chi connectivity index (χ3v) is 7.29. The van der Waals surface area contributed by atoms with E-state index in [4.69, 9.17) is 5.26 Å². The van der Waals surface area contributed by atoms with Crippen LogP contribution in [-0.4, -0.2) is 43.2 Å². The second-order valence-electron chi connectivity index (χ2n) is 7.45. The molecular formula is C23H24FN3O3S. The Kier molecular flexibility index (Phi) is 7.21. The van der Waals surface area contributed by atoms with E-state index in [-0.39, 0.29) is 29.8 Å². The summed E-state index contributed by atoms with van der Waals surface area (Å²) in [6.45, 7) is 4.97. The molecule has 8 heteroatoms. The molecule has 0 bridgehead atoms. The van der Waals surface area contributed by atoms with Crippen LogP contribution in [0.3, 0.4) is 0 Å². The number of nitrogens with zero attached hydrogens (tertiary/aromatic N) is 3. The van der Waals surface area contributed by atoms with E-state index in [1.54, 1.807) is 23.1 Å². The van der Waals surface area contributed by atoms with Crippen molar-refractivity contribution in [2.75, 3.05) is 19.6 Å². The number of hydrogen-bond acceptors (Lipinski definition) is 4. The molecule has 0 aromatic heterocycles. The van der Waals surface area contributed by atoms with Gasteiger partial charge in [0.15, 0.2) is 0 Å². The number of amides is 1. The molecule has 2 aromatic rings. The SMILES string of the molecule is C=CCN(Cc1ccc(C#N)cc1)C(=O)C1CCN(S(=O)(=O)c2ccc(F)cc2)CC1. The van der Waals surface area contributed by atoms with E-state index >= 15 is 0 Å². The molecule has 1 amide bonds. The van der Waals surface area contributed by atoms with E-state index in [2.05, 4.69) is 12.6 Å². The molecule has 162 valence electrons. The summed E-state index contributed by atoms with van der Waals surface area (Å²) in [6.07, 6.45) is 2.50. The Hall–Kier alpha value is -3.02. The number of benzene rings is 2. The summed E-state index contributed by atoms with van der Waals surface area (Å²) in [7, 11) is -3.71. The van der Waals surface area contributed by atoms with Gasteiger partial charge >= 0.3 is 0 Å². The highest BCUT2D eigenvalue weighted by atomic mass is 32.2. The van der Waals surface area contributed by atoms with Gasteiger partial charge in [-0.3, -0.25) is 4.79 Å². The standard InChI is InChI=1S/C23H24FN3O3S/c1-2-13-26(17-19-5-3-18(16-25)4-6-19)23(28)20-11-14-27(15-12-20)31(29,30)22-9-7-21(24)8-10-22/h2-10,20H,1,11-15,17H2. The lowest BCUT2D eigenvalue weighted by molar-refractivity contribution is -0.136. The van der Waals surface area contributed by atoms with Crippen LogP contribution in [-0.2, 0) is 21.4 Å². The van der Waals surface area contributed by atoms with Crippen molar-refractivity contribution in [2.24, 2.45) is 5.92 Å². The number of rotatable bonds is 7. The highest BCUT2D eigenvalue weighted by Gasteiger charge is 2.33. The summed E-state index contributed by atoms with van der Waals surface area (Å²) >= 11 is 0. The van der Waals surface area contributed by atoms with Crippen LogP contribution >= 0.6 is 0 Å². The first-order valence-electron chi connectivity index (χ1n) is 9.99. The lowest BCUT2D eigenvalue weighted by Gasteiger charge is -2.33. The van der Waals surface area contributed by atoms with E-state index in [9.17, 15) is 17.6 Å². The first-order valence-corrected chi connectivity index (χ1v) is 11.4. The lowest BCUT2D eigenvalue weighted by atomic mass is 9.96. The van der Waals surface area contributed by atoms with Gasteiger partial charge in [-0.1, -0.05) is 18.2 Å². The molecule has 1 aliphatic rings. The summed E-state index contributed by atoms with van der Waals surface area (Å²) in [5.41, 5.74) is 1.46. The number of hydrogen-bond donors (Lipinski definition) is 0. The molecule has 1 heterocycles. The van der Waals surface area contributed by atoms with Crippen molar-refractivity contribution in [1.82, 2.24) is 9.21 Å². The Labute approximate surface area is 182 Å². The molecule has 0 unspecified atom stereocenters. The van der Waals surface area contributed by atoms with Crippen LogP contribution in [0.25, 0.3) is 0 Å². The maximum absolute atomic E-state index is 13.1. The Morgan fingerprint density at radius 2 is 1.77 bits per heavy atom. The minimum absolute atomic E-state index is 0.0388. The number of halogens is 1. The van der Waals surface area contributed by atoms with Gasteiger partial charge in [-0.15, -0.1) is 6.58 Å². The van der Waals surface area contributed by atoms with Gasteiger partial charge in [-0.25, -0.2) is 12.8 Å². The number of carbonyl (C=O) groups is 1. The molecule has 0 spiro atoms. The maximum Gasteiger partial charge on any atom is 0.243 e. The first-order chi connectivity index (χ1) is 14.8. The van der Waals surface area contributed by atoms with E-state index in [0.717, 1.165) is 17.7 Å². The zero-order chi connectivity index (χ0) is 22.4. The normalized spacial score (nSPS) is 15.2. The van der Waals surface area contributed by atoms with Crippen molar-refractivity contribution in [3.8, 4) is 6.07 Å². The van der Waals surface area contributed by atoms with Crippen molar-refractivity contribution in [1.29, 1.82) is 5.26 Å². The molecule has 1 aliphatic heterocycles. The molecule has 0 N–H and O–H groups in total. The second kappa shape index (κ2) is 9.86. The number of sulfonamides is 1. The van der Waals surface area contributed by atoms with Crippen LogP contribution in [0.2, 0.25) is 0 Å². The summed E-state index contributed by atoms with van der Waals surface area (Å²) in [5, 5.41) is 8.93. The predicted molar refractivity (Wildman–Crippen MR) is 115 cm³/mol. The average Bonchev–Trinajstić information content (AvgIpc) is 2.79.